The third kappa shape index (κ3) is 4.62. The van der Waals surface area contributed by atoms with Crippen LogP contribution in [0.4, 0.5) is 0 Å². The largest absolute Gasteiger partial charge is 0.507 e. The Kier molecular flexibility index (Phi) is 6.15. The lowest BCUT2D eigenvalue weighted by Crippen LogP contribution is -1.88. The lowest BCUT2D eigenvalue weighted by molar-refractivity contribution is 0.451. The normalized spacial score (nSPS) is 13.4. The summed E-state index contributed by atoms with van der Waals surface area (Å²) in [4.78, 5) is 0. The number of hydrogen-bond donors (Lipinski definition) is 1. The maximum atomic E-state index is 11.1. The Morgan fingerprint density at radius 3 is 2.02 bits per heavy atom. The number of rotatable bonds is 5. The average Bonchev–Trinajstić information content (AvgIpc) is 3.79. The van der Waals surface area contributed by atoms with E-state index in [9.17, 15) is 5.11 Å². The van der Waals surface area contributed by atoms with E-state index in [1.807, 2.05) is 60.7 Å². The second-order valence-corrected chi connectivity index (χ2v) is 11.9. The number of fused-ring (bicyclic) bond motifs is 5. The Bertz CT molecular complexity index is 2530. The molecule has 0 atom stereocenters. The Balaban J connectivity index is 1.10. The van der Waals surface area contributed by atoms with Crippen molar-refractivity contribution in [1.82, 2.24) is 0 Å². The van der Waals surface area contributed by atoms with E-state index >= 15 is 0 Å². The van der Waals surface area contributed by atoms with Gasteiger partial charge in [-0.25, -0.2) is 0 Å². The highest BCUT2D eigenvalue weighted by molar-refractivity contribution is 6.07. The fourth-order valence-electron chi connectivity index (χ4n) is 6.70. The van der Waals surface area contributed by atoms with Gasteiger partial charge in [0.1, 0.15) is 39.8 Å². The molecule has 8 aromatic rings. The highest BCUT2D eigenvalue weighted by atomic mass is 16.5. The maximum Gasteiger partial charge on any atom is 0.139 e. The number of furan rings is 2. The van der Waals surface area contributed by atoms with Crippen molar-refractivity contribution in [2.45, 2.75) is 6.42 Å². The molecule has 0 unspecified atom stereocenters. The number of ether oxygens (including phenoxy) is 1. The van der Waals surface area contributed by atoms with Gasteiger partial charge < -0.3 is 18.7 Å². The summed E-state index contributed by atoms with van der Waals surface area (Å²) >= 11 is 0. The highest BCUT2D eigenvalue weighted by Gasteiger charge is 2.23. The number of aromatic hydroxyl groups is 1. The van der Waals surface area contributed by atoms with E-state index in [-0.39, 0.29) is 5.75 Å². The first-order valence-corrected chi connectivity index (χ1v) is 15.6. The Hall–Kier alpha value is -6.26. The number of phenols is 1. The fourth-order valence-corrected chi connectivity index (χ4v) is 6.70. The molecule has 1 aliphatic rings. The quantitative estimate of drug-likeness (QED) is 0.211. The molecule has 0 aliphatic carbocycles. The molecular weight excluding hydrogens is 580 g/mol. The smallest absolute Gasteiger partial charge is 0.139 e. The van der Waals surface area contributed by atoms with Crippen LogP contribution in [0.15, 0.2) is 149 Å². The van der Waals surface area contributed by atoms with E-state index in [0.717, 1.165) is 77.8 Å². The summed E-state index contributed by atoms with van der Waals surface area (Å²) in [7, 11) is 0. The van der Waals surface area contributed by atoms with Crippen LogP contribution in [0, 0.1) is 0 Å². The predicted molar refractivity (Wildman–Crippen MR) is 190 cm³/mol. The molecule has 0 radical (unpaired) electrons. The Labute approximate surface area is 271 Å². The molecule has 0 amide bonds. The van der Waals surface area contributed by atoms with Crippen molar-refractivity contribution in [2.24, 2.45) is 0 Å². The van der Waals surface area contributed by atoms with Gasteiger partial charge in [-0.3, -0.25) is 0 Å². The van der Waals surface area contributed by atoms with Gasteiger partial charge in [0, 0.05) is 51.4 Å². The second-order valence-electron chi connectivity index (χ2n) is 11.9. The van der Waals surface area contributed by atoms with Crippen LogP contribution in [-0.2, 0) is 6.42 Å². The van der Waals surface area contributed by atoms with Crippen molar-refractivity contribution in [3.63, 3.8) is 0 Å². The molecule has 0 spiro atoms. The number of phenolic OH excluding ortho intramolecular Hbond substituents is 1. The third-order valence-electron chi connectivity index (χ3n) is 9.01. The third-order valence-corrected chi connectivity index (χ3v) is 9.01. The molecule has 47 heavy (non-hydrogen) atoms. The number of benzene rings is 6. The molecule has 6 aromatic carbocycles. The van der Waals surface area contributed by atoms with Gasteiger partial charge in [-0.2, -0.15) is 0 Å². The van der Waals surface area contributed by atoms with Gasteiger partial charge in [0.2, 0.25) is 0 Å². The molecule has 0 bridgehead atoms. The van der Waals surface area contributed by atoms with Gasteiger partial charge in [-0.15, -0.1) is 0 Å². The summed E-state index contributed by atoms with van der Waals surface area (Å²) in [5, 5.41) is 14.1. The number of hydrogen-bond acceptors (Lipinski definition) is 4. The first kappa shape index (κ1) is 27.1. The van der Waals surface area contributed by atoms with E-state index in [0.29, 0.717) is 17.8 Å². The fraction of sp³-hybridized carbons (Fsp3) is 0.0233. The molecule has 3 heterocycles. The molecule has 1 N–H and O–H groups in total. The lowest BCUT2D eigenvalue weighted by Gasteiger charge is -2.08. The van der Waals surface area contributed by atoms with Crippen LogP contribution in [-0.4, -0.2) is 5.11 Å². The van der Waals surface area contributed by atoms with E-state index in [1.165, 1.54) is 5.56 Å². The zero-order chi connectivity index (χ0) is 31.5. The summed E-state index contributed by atoms with van der Waals surface area (Å²) < 4.78 is 18.8. The summed E-state index contributed by atoms with van der Waals surface area (Å²) in [6.45, 7) is 4.00. The van der Waals surface area contributed by atoms with Gasteiger partial charge in [0.15, 0.2) is 0 Å². The standard InChI is InChI=1S/C43H28O4/c1-2-39-36(37-23-33(38(44)24-42(37)46-39)30-15-9-14-28(18-30)26-10-5-3-6-11-26)22-32-19-31-21-35-34-20-29(27-12-7-4-8-13-27)16-17-40(34)47-43(35)25-41(31)45-32/h2-18,20-25,44H,1,19H2/b32-22+. The minimum absolute atomic E-state index is 0.154. The van der Waals surface area contributed by atoms with E-state index in [4.69, 9.17) is 13.6 Å². The molecule has 0 fully saturated rings. The van der Waals surface area contributed by atoms with Crippen molar-refractivity contribution in [3.8, 4) is 44.9 Å². The molecule has 9 rings (SSSR count). The van der Waals surface area contributed by atoms with Gasteiger partial charge in [-0.05, 0) is 70.3 Å². The molecule has 0 saturated carbocycles. The van der Waals surface area contributed by atoms with Crippen LogP contribution in [0.5, 0.6) is 11.5 Å². The van der Waals surface area contributed by atoms with E-state index < -0.39 is 0 Å². The van der Waals surface area contributed by atoms with Gasteiger partial charge in [0.05, 0.1) is 0 Å². The molecule has 4 nitrogen and oxygen atoms in total. The monoisotopic (exact) mass is 608 g/mol. The maximum absolute atomic E-state index is 11.1. The molecule has 2 aromatic heterocycles. The van der Waals surface area contributed by atoms with Crippen LogP contribution < -0.4 is 4.74 Å². The van der Waals surface area contributed by atoms with Crippen molar-refractivity contribution in [3.05, 3.63) is 157 Å². The summed E-state index contributed by atoms with van der Waals surface area (Å²) in [5.74, 6) is 2.36. The Morgan fingerprint density at radius 2 is 1.26 bits per heavy atom. The van der Waals surface area contributed by atoms with Crippen LogP contribution in [0.3, 0.4) is 0 Å². The first-order valence-electron chi connectivity index (χ1n) is 15.6. The molecule has 224 valence electrons. The highest BCUT2D eigenvalue weighted by Crippen LogP contribution is 2.43. The Morgan fingerprint density at radius 1 is 0.574 bits per heavy atom. The van der Waals surface area contributed by atoms with Crippen LogP contribution >= 0.6 is 0 Å². The van der Waals surface area contributed by atoms with Crippen molar-refractivity contribution >= 4 is 45.1 Å². The van der Waals surface area contributed by atoms with Crippen molar-refractivity contribution in [1.29, 1.82) is 0 Å². The summed E-state index contributed by atoms with van der Waals surface area (Å²) in [6.07, 6.45) is 4.35. The SMILES string of the molecule is C=Cc1oc2cc(O)c(-c3cccc(-c4ccccc4)c3)cc2c1/C=C1\Cc2cc3c(cc2O1)oc1ccc(-c2ccccc2)cc13. The van der Waals surface area contributed by atoms with Gasteiger partial charge in [0.25, 0.3) is 0 Å². The predicted octanol–water partition coefficient (Wildman–Crippen LogP) is 11.7. The summed E-state index contributed by atoms with van der Waals surface area (Å²) in [6, 6.07) is 43.0. The molecule has 4 heteroatoms. The van der Waals surface area contributed by atoms with Crippen LogP contribution in [0.1, 0.15) is 16.9 Å². The average molecular weight is 609 g/mol. The minimum Gasteiger partial charge on any atom is -0.507 e. The topological polar surface area (TPSA) is 55.7 Å². The molecular formula is C43H28O4. The van der Waals surface area contributed by atoms with Gasteiger partial charge >= 0.3 is 0 Å². The lowest BCUT2D eigenvalue weighted by atomic mass is 9.96. The van der Waals surface area contributed by atoms with E-state index in [2.05, 4.69) is 73.3 Å². The molecule has 1 aliphatic heterocycles. The van der Waals surface area contributed by atoms with E-state index in [1.54, 1.807) is 12.1 Å². The van der Waals surface area contributed by atoms with Crippen LogP contribution in [0.25, 0.3) is 78.4 Å². The number of allylic oxidation sites excluding steroid dienone is 1. The van der Waals surface area contributed by atoms with Crippen LogP contribution in [0.2, 0.25) is 0 Å². The summed E-state index contributed by atoms with van der Waals surface area (Å²) in [5.41, 5.74) is 10.4. The first-order chi connectivity index (χ1) is 23.1. The van der Waals surface area contributed by atoms with Gasteiger partial charge in [-0.1, -0.05) is 91.5 Å². The molecule has 0 saturated heterocycles. The van der Waals surface area contributed by atoms with Crippen molar-refractivity contribution in [2.75, 3.05) is 0 Å². The zero-order valence-electron chi connectivity index (χ0n) is 25.4. The second kappa shape index (κ2) is 10.7. The zero-order valence-corrected chi connectivity index (χ0v) is 25.4. The van der Waals surface area contributed by atoms with Crippen molar-refractivity contribution < 1.29 is 18.7 Å². The minimum atomic E-state index is 0.154.